The second kappa shape index (κ2) is 10.5. The molecule has 0 aromatic rings. The molecule has 0 aliphatic rings. The van der Waals surface area contributed by atoms with Crippen LogP contribution in [0.15, 0.2) is 0 Å². The Morgan fingerprint density at radius 1 is 0.933 bits per heavy atom. The fraction of sp³-hybridized carbons (Fsp3) is 0.778. The number of rotatable bonds is 8. The first kappa shape index (κ1) is 15.0. The molecule has 0 radical (unpaired) electrons. The average Bonchev–Trinajstić information content (AvgIpc) is 2.26. The molecule has 0 aliphatic carbocycles. The molecule has 88 valence electrons. The molecule has 0 N–H and O–H groups in total. The quantitative estimate of drug-likeness (QED) is 0.371. The summed E-state index contributed by atoms with van der Waals surface area (Å²) < 4.78 is 9.09. The maximum atomic E-state index is 10.8. The SMILES string of the molecule is COC(=O)C[Se]CCC[Se]CC(=O)OC. The van der Waals surface area contributed by atoms with E-state index in [1.54, 1.807) is 0 Å². The van der Waals surface area contributed by atoms with Gasteiger partial charge in [-0.15, -0.1) is 0 Å². The van der Waals surface area contributed by atoms with Gasteiger partial charge >= 0.3 is 103 Å². The van der Waals surface area contributed by atoms with E-state index in [-0.39, 0.29) is 11.9 Å². The molecule has 0 aromatic carbocycles. The Morgan fingerprint density at radius 3 is 1.67 bits per heavy atom. The van der Waals surface area contributed by atoms with Crippen LogP contribution in [0.5, 0.6) is 0 Å². The number of hydrogen-bond donors (Lipinski definition) is 0. The Bertz CT molecular complexity index is 177. The maximum absolute atomic E-state index is 10.8. The average molecular weight is 346 g/mol. The molecule has 0 atom stereocenters. The van der Waals surface area contributed by atoms with Gasteiger partial charge in [-0.05, 0) is 0 Å². The van der Waals surface area contributed by atoms with Crippen molar-refractivity contribution in [2.45, 2.75) is 27.7 Å². The van der Waals surface area contributed by atoms with Crippen LogP contribution >= 0.6 is 0 Å². The number of carbonyl (C=O) groups is 2. The third kappa shape index (κ3) is 10.3. The van der Waals surface area contributed by atoms with Crippen molar-refractivity contribution in [3.05, 3.63) is 0 Å². The van der Waals surface area contributed by atoms with Gasteiger partial charge in [-0.25, -0.2) is 0 Å². The summed E-state index contributed by atoms with van der Waals surface area (Å²) in [5, 5.41) is 3.30. The van der Waals surface area contributed by atoms with Crippen molar-refractivity contribution in [1.29, 1.82) is 0 Å². The van der Waals surface area contributed by atoms with Crippen molar-refractivity contribution < 1.29 is 19.1 Å². The summed E-state index contributed by atoms with van der Waals surface area (Å²) in [5.41, 5.74) is 0. The van der Waals surface area contributed by atoms with E-state index in [1.807, 2.05) is 0 Å². The fourth-order valence-corrected chi connectivity index (χ4v) is 4.88. The van der Waals surface area contributed by atoms with Crippen molar-refractivity contribution in [3.8, 4) is 0 Å². The number of hydrogen-bond acceptors (Lipinski definition) is 4. The van der Waals surface area contributed by atoms with Gasteiger partial charge in [-0.1, -0.05) is 0 Å². The molecular weight excluding hydrogens is 330 g/mol. The van der Waals surface area contributed by atoms with Crippen LogP contribution in [0.3, 0.4) is 0 Å². The standard InChI is InChI=1S/C9H16O4Se2/c1-12-8(10)6-14-4-3-5-15-7-9(11)13-2/h3-7H2,1-2H3. The van der Waals surface area contributed by atoms with E-state index in [4.69, 9.17) is 0 Å². The number of carbonyl (C=O) groups excluding carboxylic acids is 2. The summed E-state index contributed by atoms with van der Waals surface area (Å²) in [6, 6.07) is 0. The van der Waals surface area contributed by atoms with Gasteiger partial charge in [0.1, 0.15) is 0 Å². The summed E-state index contributed by atoms with van der Waals surface area (Å²) in [7, 11) is 2.83. The summed E-state index contributed by atoms with van der Waals surface area (Å²) in [6.07, 6.45) is 1.11. The number of methoxy groups -OCH3 is 2. The minimum absolute atomic E-state index is 0.116. The van der Waals surface area contributed by atoms with Gasteiger partial charge in [-0.3, -0.25) is 0 Å². The molecular formula is C9H16O4Se2. The molecule has 0 heterocycles. The predicted molar refractivity (Wildman–Crippen MR) is 59.4 cm³/mol. The fourth-order valence-electron chi connectivity index (χ4n) is 0.692. The molecule has 0 unspecified atom stereocenters. The van der Waals surface area contributed by atoms with Crippen LogP contribution in [0.4, 0.5) is 0 Å². The molecule has 15 heavy (non-hydrogen) atoms. The number of ether oxygens (including phenoxy) is 2. The topological polar surface area (TPSA) is 52.6 Å². The van der Waals surface area contributed by atoms with Gasteiger partial charge < -0.3 is 0 Å². The summed E-state index contributed by atoms with van der Waals surface area (Å²) >= 11 is 0.711. The molecule has 0 rings (SSSR count). The Labute approximate surface area is 103 Å². The van der Waals surface area contributed by atoms with Crippen LogP contribution in [-0.2, 0) is 19.1 Å². The molecule has 4 nitrogen and oxygen atoms in total. The van der Waals surface area contributed by atoms with E-state index >= 15 is 0 Å². The normalized spacial score (nSPS) is 9.73. The Kier molecular flexibility index (Phi) is 10.5. The van der Waals surface area contributed by atoms with Crippen LogP contribution < -0.4 is 0 Å². The van der Waals surface area contributed by atoms with Crippen molar-refractivity contribution in [2.75, 3.05) is 14.2 Å². The van der Waals surface area contributed by atoms with Gasteiger partial charge in [0.2, 0.25) is 0 Å². The molecule has 6 heteroatoms. The number of esters is 2. The van der Waals surface area contributed by atoms with Crippen LogP contribution in [0.2, 0.25) is 21.3 Å². The molecule has 0 saturated heterocycles. The molecule has 0 amide bonds. The van der Waals surface area contributed by atoms with E-state index in [2.05, 4.69) is 9.47 Å². The van der Waals surface area contributed by atoms with Crippen molar-refractivity contribution in [1.82, 2.24) is 0 Å². The third-order valence-corrected chi connectivity index (χ3v) is 5.74. The molecule has 0 aliphatic heterocycles. The first-order chi connectivity index (χ1) is 7.20. The van der Waals surface area contributed by atoms with Crippen molar-refractivity contribution in [3.63, 3.8) is 0 Å². The predicted octanol–water partition coefficient (Wildman–Crippen LogP) is 0.804. The van der Waals surface area contributed by atoms with Crippen molar-refractivity contribution >= 4 is 41.9 Å². The molecule has 0 aromatic heterocycles. The van der Waals surface area contributed by atoms with Gasteiger partial charge in [-0.2, -0.15) is 0 Å². The molecule has 0 spiro atoms. The second-order valence-corrected chi connectivity index (χ2v) is 7.25. The zero-order valence-corrected chi connectivity index (χ0v) is 12.4. The van der Waals surface area contributed by atoms with Gasteiger partial charge in [0.15, 0.2) is 0 Å². The molecule has 0 bridgehead atoms. The van der Waals surface area contributed by atoms with Crippen LogP contribution in [0.1, 0.15) is 6.42 Å². The van der Waals surface area contributed by atoms with E-state index in [0.29, 0.717) is 40.6 Å². The van der Waals surface area contributed by atoms with E-state index in [9.17, 15) is 9.59 Å². The zero-order chi connectivity index (χ0) is 11.5. The summed E-state index contributed by atoms with van der Waals surface area (Å²) in [5.74, 6) is -0.231. The van der Waals surface area contributed by atoms with Gasteiger partial charge in [0.25, 0.3) is 0 Å². The Balaban J connectivity index is 3.11. The summed E-state index contributed by atoms with van der Waals surface area (Å²) in [6.45, 7) is 0. The second-order valence-electron chi connectivity index (χ2n) is 2.61. The molecule has 0 saturated carbocycles. The first-order valence-corrected chi connectivity index (χ1v) is 9.34. The minimum atomic E-state index is -0.116. The molecule has 0 fully saturated rings. The monoisotopic (exact) mass is 348 g/mol. The first-order valence-electron chi connectivity index (χ1n) is 4.49. The van der Waals surface area contributed by atoms with Gasteiger partial charge in [0.05, 0.1) is 0 Å². The summed E-state index contributed by atoms with van der Waals surface area (Å²) in [4.78, 5) is 21.5. The van der Waals surface area contributed by atoms with Crippen LogP contribution in [0, 0.1) is 0 Å². The van der Waals surface area contributed by atoms with E-state index < -0.39 is 0 Å². The van der Waals surface area contributed by atoms with Crippen molar-refractivity contribution in [2.24, 2.45) is 0 Å². The van der Waals surface area contributed by atoms with E-state index in [1.165, 1.54) is 14.2 Å². The Hall–Kier alpha value is -0.0210. The zero-order valence-electron chi connectivity index (χ0n) is 8.99. The van der Waals surface area contributed by atoms with E-state index in [0.717, 1.165) is 17.1 Å². The van der Waals surface area contributed by atoms with Crippen LogP contribution in [-0.4, -0.2) is 56.1 Å². The van der Waals surface area contributed by atoms with Gasteiger partial charge in [0, 0.05) is 0 Å². The third-order valence-electron chi connectivity index (χ3n) is 1.47. The van der Waals surface area contributed by atoms with Crippen LogP contribution in [0.25, 0.3) is 0 Å². The Morgan fingerprint density at radius 2 is 1.33 bits per heavy atom.